The van der Waals surface area contributed by atoms with Crippen molar-refractivity contribution in [3.63, 3.8) is 0 Å². The lowest BCUT2D eigenvalue weighted by Crippen LogP contribution is -2.22. The zero-order valence-corrected chi connectivity index (χ0v) is 13.6. The lowest BCUT2D eigenvalue weighted by Gasteiger charge is -2.13. The Morgan fingerprint density at radius 2 is 2.14 bits per heavy atom. The van der Waals surface area contributed by atoms with Gasteiger partial charge in [0.1, 0.15) is 5.01 Å². The summed E-state index contributed by atoms with van der Waals surface area (Å²) in [7, 11) is 3.27. The number of aromatic nitrogens is 4. The van der Waals surface area contributed by atoms with Gasteiger partial charge in [-0.1, -0.05) is 32.1 Å². The van der Waals surface area contributed by atoms with Gasteiger partial charge in [-0.05, 0) is 0 Å². The molecule has 2 heterocycles. The third-order valence-electron chi connectivity index (χ3n) is 2.80. The van der Waals surface area contributed by atoms with Crippen molar-refractivity contribution in [3.8, 4) is 0 Å². The van der Waals surface area contributed by atoms with E-state index in [9.17, 15) is 4.79 Å². The highest BCUT2D eigenvalue weighted by Crippen LogP contribution is 2.28. The molecule has 114 valence electrons. The van der Waals surface area contributed by atoms with Crippen LogP contribution in [0.1, 0.15) is 37.4 Å². The van der Waals surface area contributed by atoms with Crippen molar-refractivity contribution in [1.29, 1.82) is 0 Å². The third kappa shape index (κ3) is 3.64. The molecule has 2 rings (SSSR count). The first kappa shape index (κ1) is 15.6. The molecule has 2 aromatic rings. The predicted octanol–water partition coefficient (Wildman–Crippen LogP) is 1.90. The van der Waals surface area contributed by atoms with Crippen molar-refractivity contribution in [2.45, 2.75) is 32.3 Å². The van der Waals surface area contributed by atoms with E-state index in [1.165, 1.54) is 18.4 Å². The summed E-state index contributed by atoms with van der Waals surface area (Å²) in [6.45, 7) is 6.14. The number of carbonyl (C=O) groups excluding carboxylic acids is 1. The molecule has 1 unspecified atom stereocenters. The van der Waals surface area contributed by atoms with Gasteiger partial charge in [0.2, 0.25) is 5.13 Å². The summed E-state index contributed by atoms with van der Waals surface area (Å²) >= 11 is 1.37. The SMILES string of the molecule is COC(C(=O)Nc1nnc(C(C)(C)C)s1)c1cnn(C)c1. The number of ether oxygens (including phenoxy) is 1. The third-order valence-corrected chi connectivity index (χ3v) is 4.06. The van der Waals surface area contributed by atoms with E-state index in [0.29, 0.717) is 10.7 Å². The molecule has 7 nitrogen and oxygen atoms in total. The smallest absolute Gasteiger partial charge is 0.260 e. The average molecular weight is 309 g/mol. The Labute approximate surface area is 127 Å². The normalized spacial score (nSPS) is 13.2. The van der Waals surface area contributed by atoms with E-state index >= 15 is 0 Å². The van der Waals surface area contributed by atoms with Crippen molar-refractivity contribution in [3.05, 3.63) is 23.0 Å². The fourth-order valence-electron chi connectivity index (χ4n) is 1.72. The molecule has 0 aliphatic carbocycles. The summed E-state index contributed by atoms with van der Waals surface area (Å²) in [5.41, 5.74) is 0.600. The van der Waals surface area contributed by atoms with Crippen molar-refractivity contribution in [1.82, 2.24) is 20.0 Å². The van der Waals surface area contributed by atoms with Gasteiger partial charge in [-0.2, -0.15) is 5.10 Å². The number of nitrogens with one attached hydrogen (secondary N) is 1. The molecule has 0 radical (unpaired) electrons. The van der Waals surface area contributed by atoms with Gasteiger partial charge in [-0.25, -0.2) is 0 Å². The molecule has 0 aromatic carbocycles. The Bertz CT molecular complexity index is 629. The maximum Gasteiger partial charge on any atom is 0.260 e. The van der Waals surface area contributed by atoms with Crippen LogP contribution in [0.5, 0.6) is 0 Å². The molecular formula is C13H19N5O2S. The van der Waals surface area contributed by atoms with Crippen molar-refractivity contribution >= 4 is 22.4 Å². The van der Waals surface area contributed by atoms with Gasteiger partial charge in [0.15, 0.2) is 6.10 Å². The number of nitrogens with zero attached hydrogens (tertiary/aromatic N) is 4. The quantitative estimate of drug-likeness (QED) is 0.932. The molecule has 0 aliphatic rings. The Kier molecular flexibility index (Phi) is 4.38. The molecule has 1 atom stereocenters. The monoisotopic (exact) mass is 309 g/mol. The fraction of sp³-hybridized carbons (Fsp3) is 0.538. The molecule has 21 heavy (non-hydrogen) atoms. The van der Waals surface area contributed by atoms with Gasteiger partial charge in [-0.3, -0.25) is 14.8 Å². The van der Waals surface area contributed by atoms with E-state index < -0.39 is 6.10 Å². The molecule has 0 bridgehead atoms. The lowest BCUT2D eigenvalue weighted by atomic mass is 9.98. The van der Waals surface area contributed by atoms with Crippen molar-refractivity contribution in [2.24, 2.45) is 7.05 Å². The highest BCUT2D eigenvalue weighted by atomic mass is 32.1. The van der Waals surface area contributed by atoms with E-state index in [0.717, 1.165) is 5.01 Å². The summed E-state index contributed by atoms with van der Waals surface area (Å²) in [5.74, 6) is -0.290. The minimum Gasteiger partial charge on any atom is -0.367 e. The summed E-state index contributed by atoms with van der Waals surface area (Å²) in [6.07, 6.45) is 2.63. The van der Waals surface area contributed by atoms with Crippen LogP contribution in [0, 0.1) is 0 Å². The Hall–Kier alpha value is -1.80. The number of amides is 1. The maximum atomic E-state index is 12.3. The molecule has 0 spiro atoms. The molecule has 2 aromatic heterocycles. The summed E-state index contributed by atoms with van der Waals surface area (Å²) in [6, 6.07) is 0. The molecule has 0 aliphatic heterocycles. The Morgan fingerprint density at radius 1 is 1.43 bits per heavy atom. The second-order valence-corrected chi connectivity index (χ2v) is 6.69. The number of carbonyl (C=O) groups is 1. The van der Waals surface area contributed by atoms with Crippen molar-refractivity contribution in [2.75, 3.05) is 12.4 Å². The fourth-order valence-corrected chi connectivity index (χ4v) is 2.52. The van der Waals surface area contributed by atoms with E-state index in [4.69, 9.17) is 4.74 Å². The number of hydrogen-bond donors (Lipinski definition) is 1. The van der Waals surface area contributed by atoms with Crippen LogP contribution in [0.4, 0.5) is 5.13 Å². The van der Waals surface area contributed by atoms with Crippen LogP contribution in [0.3, 0.4) is 0 Å². The standard InChI is InChI=1S/C13H19N5O2S/c1-13(2,3)11-16-17-12(21-11)15-10(19)9(20-5)8-6-14-18(4)7-8/h6-7,9H,1-5H3,(H,15,17,19). The summed E-state index contributed by atoms with van der Waals surface area (Å²) < 4.78 is 6.87. The van der Waals surface area contributed by atoms with E-state index in [-0.39, 0.29) is 11.3 Å². The number of anilines is 1. The molecular weight excluding hydrogens is 290 g/mol. The van der Waals surface area contributed by atoms with E-state index in [1.807, 2.05) is 20.8 Å². The van der Waals surface area contributed by atoms with Gasteiger partial charge in [0, 0.05) is 31.3 Å². The highest BCUT2D eigenvalue weighted by molar-refractivity contribution is 7.15. The lowest BCUT2D eigenvalue weighted by molar-refractivity contribution is -0.126. The van der Waals surface area contributed by atoms with E-state index in [2.05, 4.69) is 20.6 Å². The van der Waals surface area contributed by atoms with Crippen molar-refractivity contribution < 1.29 is 9.53 Å². The van der Waals surface area contributed by atoms with Crippen LogP contribution in [-0.2, 0) is 22.0 Å². The molecule has 8 heteroatoms. The average Bonchev–Trinajstić information content (AvgIpc) is 2.99. The van der Waals surface area contributed by atoms with Crippen LogP contribution >= 0.6 is 11.3 Å². The zero-order chi connectivity index (χ0) is 15.6. The summed E-state index contributed by atoms with van der Waals surface area (Å²) in [5, 5.41) is 16.2. The largest absolute Gasteiger partial charge is 0.367 e. The van der Waals surface area contributed by atoms with Crippen LogP contribution in [0.25, 0.3) is 0 Å². The number of hydrogen-bond acceptors (Lipinski definition) is 6. The van der Waals surface area contributed by atoms with Crippen LogP contribution in [0.15, 0.2) is 12.4 Å². The molecule has 1 N–H and O–H groups in total. The molecule has 0 saturated heterocycles. The number of methoxy groups -OCH3 is 1. The van der Waals surface area contributed by atoms with Gasteiger partial charge in [-0.15, -0.1) is 10.2 Å². The number of aryl methyl sites for hydroxylation is 1. The first-order valence-corrected chi connectivity index (χ1v) is 7.29. The molecule has 1 amide bonds. The molecule has 0 fully saturated rings. The summed E-state index contributed by atoms with van der Waals surface area (Å²) in [4.78, 5) is 12.3. The second kappa shape index (κ2) is 5.90. The van der Waals surface area contributed by atoms with Crippen LogP contribution < -0.4 is 5.32 Å². The minimum atomic E-state index is -0.722. The first-order valence-electron chi connectivity index (χ1n) is 6.47. The second-order valence-electron chi connectivity index (χ2n) is 5.71. The van der Waals surface area contributed by atoms with Crippen LogP contribution in [0.2, 0.25) is 0 Å². The van der Waals surface area contributed by atoms with Gasteiger partial charge in [0.05, 0.1) is 6.20 Å². The first-order chi connectivity index (χ1) is 9.81. The van der Waals surface area contributed by atoms with E-state index in [1.54, 1.807) is 24.1 Å². The predicted molar refractivity (Wildman–Crippen MR) is 80.2 cm³/mol. The number of rotatable bonds is 4. The van der Waals surface area contributed by atoms with Gasteiger partial charge < -0.3 is 4.74 Å². The highest BCUT2D eigenvalue weighted by Gasteiger charge is 2.24. The zero-order valence-electron chi connectivity index (χ0n) is 12.7. The maximum absolute atomic E-state index is 12.3. The minimum absolute atomic E-state index is 0.0926. The molecule has 0 saturated carbocycles. The van der Waals surface area contributed by atoms with Gasteiger partial charge in [0.25, 0.3) is 5.91 Å². The van der Waals surface area contributed by atoms with Crippen LogP contribution in [-0.4, -0.2) is 33.0 Å². The topological polar surface area (TPSA) is 81.9 Å². The Balaban J connectivity index is 2.11. The van der Waals surface area contributed by atoms with Gasteiger partial charge >= 0.3 is 0 Å². The Morgan fingerprint density at radius 3 is 2.62 bits per heavy atom.